The molecule has 0 amide bonds. The molecule has 4 N–H and O–H groups in total. The third kappa shape index (κ3) is 3.95. The van der Waals surface area contributed by atoms with Crippen LogP contribution in [0.5, 0.6) is 0 Å². The van der Waals surface area contributed by atoms with Crippen LogP contribution >= 0.6 is 0 Å². The summed E-state index contributed by atoms with van der Waals surface area (Å²) in [4.78, 5) is 0. The maximum atomic E-state index is 12.4. The molecule has 1 aliphatic carbocycles. The van der Waals surface area contributed by atoms with E-state index in [1.54, 1.807) is 24.3 Å². The second kappa shape index (κ2) is 6.44. The lowest BCUT2D eigenvalue weighted by atomic mass is 9.82. The van der Waals surface area contributed by atoms with Crippen LogP contribution in [0.3, 0.4) is 0 Å². The van der Waals surface area contributed by atoms with Gasteiger partial charge in [0.25, 0.3) is 0 Å². The minimum absolute atomic E-state index is 0.0566. The average Bonchev–Trinajstić information content (AvgIpc) is 2.47. The molecule has 1 aromatic rings. The van der Waals surface area contributed by atoms with Crippen LogP contribution in [-0.4, -0.2) is 25.0 Å². The molecule has 0 saturated heterocycles. The quantitative estimate of drug-likeness (QED) is 0.332. The molecule has 0 aliphatic heterocycles. The monoisotopic (exact) mass is 311 g/mol. The summed E-state index contributed by atoms with van der Waals surface area (Å²) >= 11 is 0. The van der Waals surface area contributed by atoms with E-state index in [4.69, 9.17) is 10.9 Å². The van der Waals surface area contributed by atoms with Crippen LogP contribution < -0.4 is 10.5 Å². The Hall–Kier alpha value is -1.60. The fourth-order valence-corrected chi connectivity index (χ4v) is 4.40. The van der Waals surface area contributed by atoms with Crippen molar-refractivity contribution >= 4 is 15.9 Å². The van der Waals surface area contributed by atoms with E-state index in [2.05, 4.69) is 9.88 Å². The summed E-state index contributed by atoms with van der Waals surface area (Å²) in [5.41, 5.74) is 5.50. The van der Waals surface area contributed by atoms with Gasteiger partial charge in [0.2, 0.25) is 10.0 Å². The van der Waals surface area contributed by atoms with Crippen LogP contribution in [0.2, 0.25) is 0 Å². The molecule has 0 unspecified atom stereocenters. The summed E-state index contributed by atoms with van der Waals surface area (Å²) in [6.07, 6.45) is 3.84. The van der Waals surface area contributed by atoms with Crippen LogP contribution in [0, 0.1) is 0 Å². The summed E-state index contributed by atoms with van der Waals surface area (Å²) in [6, 6.07) is 8.95. The number of rotatable bonds is 5. The Labute approximate surface area is 125 Å². The van der Waals surface area contributed by atoms with Gasteiger partial charge < -0.3 is 10.9 Å². The molecule has 116 valence electrons. The van der Waals surface area contributed by atoms with E-state index in [1.807, 2.05) is 6.07 Å². The van der Waals surface area contributed by atoms with Crippen LogP contribution in [0.25, 0.3) is 0 Å². The average molecular weight is 311 g/mol. The van der Waals surface area contributed by atoms with E-state index >= 15 is 0 Å². The number of nitrogens with zero attached hydrogens (tertiary/aromatic N) is 1. The van der Waals surface area contributed by atoms with E-state index in [1.165, 1.54) is 0 Å². The van der Waals surface area contributed by atoms with Gasteiger partial charge in [-0.1, -0.05) is 54.8 Å². The predicted molar refractivity (Wildman–Crippen MR) is 81.4 cm³/mol. The van der Waals surface area contributed by atoms with E-state index < -0.39 is 15.6 Å². The Morgan fingerprint density at radius 3 is 2.43 bits per heavy atom. The van der Waals surface area contributed by atoms with Crippen LogP contribution in [0.4, 0.5) is 0 Å². The van der Waals surface area contributed by atoms with Crippen LogP contribution in [-0.2, 0) is 15.8 Å². The molecular formula is C14H21N3O3S. The van der Waals surface area contributed by atoms with Gasteiger partial charge in [-0.05, 0) is 18.4 Å². The highest BCUT2D eigenvalue weighted by atomic mass is 32.2. The third-order valence-electron chi connectivity index (χ3n) is 3.86. The Morgan fingerprint density at radius 1 is 1.24 bits per heavy atom. The second-order valence-corrected chi connectivity index (χ2v) is 7.20. The van der Waals surface area contributed by atoms with Gasteiger partial charge in [0, 0.05) is 0 Å². The van der Waals surface area contributed by atoms with E-state index in [9.17, 15) is 8.42 Å². The lowest BCUT2D eigenvalue weighted by Crippen LogP contribution is -2.58. The van der Waals surface area contributed by atoms with Crippen molar-refractivity contribution in [1.29, 1.82) is 0 Å². The minimum Gasteiger partial charge on any atom is -0.409 e. The van der Waals surface area contributed by atoms with E-state index in [-0.39, 0.29) is 11.6 Å². The highest BCUT2D eigenvalue weighted by Crippen LogP contribution is 2.29. The molecule has 1 aliphatic rings. The molecule has 0 spiro atoms. The lowest BCUT2D eigenvalue weighted by molar-refractivity contribution is 0.294. The standard InChI is InChI=1S/C14H21N3O3S/c15-13(16-18)14(9-5-2-6-10-14)17-21(19,20)11-12-7-3-1-4-8-12/h1,3-4,7-8,17-18H,2,5-6,9-11H2,(H2,15,16). The number of oxime groups is 1. The molecule has 0 atom stereocenters. The fraction of sp³-hybridized carbons (Fsp3) is 0.500. The van der Waals surface area contributed by atoms with Crippen molar-refractivity contribution < 1.29 is 13.6 Å². The van der Waals surface area contributed by atoms with Gasteiger partial charge in [0.15, 0.2) is 5.84 Å². The van der Waals surface area contributed by atoms with Gasteiger partial charge >= 0.3 is 0 Å². The van der Waals surface area contributed by atoms with Gasteiger partial charge in [-0.15, -0.1) is 0 Å². The Balaban J connectivity index is 2.19. The first-order valence-electron chi connectivity index (χ1n) is 7.01. The molecular weight excluding hydrogens is 290 g/mol. The third-order valence-corrected chi connectivity index (χ3v) is 5.27. The van der Waals surface area contributed by atoms with Crippen molar-refractivity contribution in [3.63, 3.8) is 0 Å². The van der Waals surface area contributed by atoms with Gasteiger partial charge in [0.05, 0.1) is 11.3 Å². The summed E-state index contributed by atoms with van der Waals surface area (Å²) in [6.45, 7) is 0. The van der Waals surface area contributed by atoms with Crippen molar-refractivity contribution in [2.45, 2.75) is 43.4 Å². The zero-order valence-corrected chi connectivity index (χ0v) is 12.6. The summed E-state index contributed by atoms with van der Waals surface area (Å²) in [5, 5.41) is 12.0. The molecule has 1 fully saturated rings. The maximum Gasteiger partial charge on any atom is 0.216 e. The van der Waals surface area contributed by atoms with Crippen LogP contribution in [0.1, 0.15) is 37.7 Å². The molecule has 0 heterocycles. The number of benzene rings is 1. The van der Waals surface area contributed by atoms with Crippen molar-refractivity contribution in [1.82, 2.24) is 4.72 Å². The number of nitrogens with two attached hydrogens (primary N) is 1. The molecule has 1 saturated carbocycles. The van der Waals surface area contributed by atoms with Gasteiger partial charge in [-0.3, -0.25) is 0 Å². The molecule has 0 radical (unpaired) electrons. The molecule has 0 aromatic heterocycles. The van der Waals surface area contributed by atoms with Gasteiger partial charge in [-0.25, -0.2) is 13.1 Å². The van der Waals surface area contributed by atoms with Crippen molar-refractivity contribution in [3.8, 4) is 0 Å². The molecule has 1 aromatic carbocycles. The Morgan fingerprint density at radius 2 is 1.86 bits per heavy atom. The first-order chi connectivity index (χ1) is 9.97. The molecule has 7 heteroatoms. The predicted octanol–water partition coefficient (Wildman–Crippen LogP) is 1.56. The highest BCUT2D eigenvalue weighted by molar-refractivity contribution is 7.88. The van der Waals surface area contributed by atoms with Gasteiger partial charge in [-0.2, -0.15) is 0 Å². The van der Waals surface area contributed by atoms with Crippen LogP contribution in [0.15, 0.2) is 35.5 Å². The summed E-state index contributed by atoms with van der Waals surface area (Å²) in [5.74, 6) is -0.173. The topological polar surface area (TPSA) is 105 Å². The largest absolute Gasteiger partial charge is 0.409 e. The van der Waals surface area contributed by atoms with Crippen molar-refractivity contribution in [2.75, 3.05) is 0 Å². The number of hydrogen-bond donors (Lipinski definition) is 3. The minimum atomic E-state index is -3.57. The molecule has 6 nitrogen and oxygen atoms in total. The molecule has 0 bridgehead atoms. The first-order valence-corrected chi connectivity index (χ1v) is 8.66. The SMILES string of the molecule is N/C(=N/O)C1(NS(=O)(=O)Cc2ccccc2)CCCCC1. The zero-order valence-electron chi connectivity index (χ0n) is 11.8. The number of nitrogens with one attached hydrogen (secondary N) is 1. The second-order valence-electron chi connectivity index (χ2n) is 5.47. The fourth-order valence-electron chi connectivity index (χ4n) is 2.79. The van der Waals surface area contributed by atoms with E-state index in [0.717, 1.165) is 19.3 Å². The first kappa shape index (κ1) is 15.8. The number of amidine groups is 1. The maximum absolute atomic E-state index is 12.4. The summed E-state index contributed by atoms with van der Waals surface area (Å²) in [7, 11) is -3.57. The Kier molecular flexibility index (Phi) is 4.84. The summed E-state index contributed by atoms with van der Waals surface area (Å²) < 4.78 is 27.4. The lowest BCUT2D eigenvalue weighted by Gasteiger charge is -2.36. The number of hydrogen-bond acceptors (Lipinski definition) is 4. The van der Waals surface area contributed by atoms with E-state index in [0.29, 0.717) is 18.4 Å². The van der Waals surface area contributed by atoms with Gasteiger partial charge in [0.1, 0.15) is 0 Å². The highest BCUT2D eigenvalue weighted by Gasteiger charge is 2.40. The molecule has 2 rings (SSSR count). The zero-order chi connectivity index (χ0) is 15.3. The Bertz CT molecular complexity index is 593. The normalized spacial score (nSPS) is 19.3. The smallest absolute Gasteiger partial charge is 0.216 e. The molecule has 21 heavy (non-hydrogen) atoms. The number of sulfonamides is 1. The van der Waals surface area contributed by atoms with Crippen molar-refractivity contribution in [2.24, 2.45) is 10.9 Å². The van der Waals surface area contributed by atoms with Crippen molar-refractivity contribution in [3.05, 3.63) is 35.9 Å².